The van der Waals surface area contributed by atoms with Crippen LogP contribution in [0, 0.1) is 5.92 Å². The van der Waals surface area contributed by atoms with E-state index in [4.69, 9.17) is 37.0 Å². The van der Waals surface area contributed by atoms with Crippen molar-refractivity contribution in [2.24, 2.45) is 5.92 Å². The molecule has 538 valence electrons. The summed E-state index contributed by atoms with van der Waals surface area (Å²) in [6.07, 6.45) is 58.4. The number of carbonyl (C=O) groups is 4. The molecule has 0 aromatic rings. The summed E-state index contributed by atoms with van der Waals surface area (Å²) in [5.41, 5.74) is 0. The van der Waals surface area contributed by atoms with Crippen molar-refractivity contribution >= 4 is 39.5 Å². The van der Waals surface area contributed by atoms with Crippen molar-refractivity contribution in [1.82, 2.24) is 0 Å². The first-order valence-electron chi connectivity index (χ1n) is 36.8. The molecule has 0 radical (unpaired) electrons. The molecule has 3 unspecified atom stereocenters. The molecule has 0 aromatic carbocycles. The van der Waals surface area contributed by atoms with Crippen LogP contribution in [0.1, 0.15) is 330 Å². The van der Waals surface area contributed by atoms with E-state index >= 15 is 0 Å². The Morgan fingerprint density at radius 2 is 0.609 bits per heavy atom. The molecule has 6 atom stereocenters. The molecule has 19 heteroatoms. The van der Waals surface area contributed by atoms with Gasteiger partial charge in [0.05, 0.1) is 26.4 Å². The molecule has 0 aromatic heterocycles. The van der Waals surface area contributed by atoms with Crippen LogP contribution < -0.4 is 0 Å². The van der Waals surface area contributed by atoms with Crippen molar-refractivity contribution in [2.45, 2.75) is 348 Å². The second-order valence-corrected chi connectivity index (χ2v) is 28.1. The van der Waals surface area contributed by atoms with E-state index < -0.39 is 97.5 Å². The molecule has 0 rings (SSSR count). The summed E-state index contributed by atoms with van der Waals surface area (Å²) >= 11 is 0. The molecule has 0 spiro atoms. The van der Waals surface area contributed by atoms with Crippen LogP contribution in [0.4, 0.5) is 0 Å². The number of aliphatic hydroxyl groups is 1. The molecule has 17 nitrogen and oxygen atoms in total. The number of rotatable bonds is 69. The molecule has 0 saturated carbocycles. The fourth-order valence-corrected chi connectivity index (χ4v) is 11.6. The highest BCUT2D eigenvalue weighted by atomic mass is 31.2. The third-order valence-corrected chi connectivity index (χ3v) is 18.0. The Bertz CT molecular complexity index is 1960. The number of esters is 4. The number of allylic oxidation sites excluding steroid dienone is 8. The lowest BCUT2D eigenvalue weighted by Gasteiger charge is -2.21. The van der Waals surface area contributed by atoms with E-state index in [1.807, 2.05) is 0 Å². The van der Waals surface area contributed by atoms with Crippen LogP contribution in [0.3, 0.4) is 0 Å². The monoisotopic (exact) mass is 1340 g/mol. The lowest BCUT2D eigenvalue weighted by atomic mass is 9.99. The summed E-state index contributed by atoms with van der Waals surface area (Å²) in [6.45, 7) is 7.13. The van der Waals surface area contributed by atoms with Gasteiger partial charge in [-0.3, -0.25) is 37.3 Å². The molecule has 92 heavy (non-hydrogen) atoms. The van der Waals surface area contributed by atoms with E-state index in [1.54, 1.807) is 0 Å². The number of ether oxygens (including phenoxy) is 4. The van der Waals surface area contributed by atoms with Crippen LogP contribution in [0.5, 0.6) is 0 Å². The number of aliphatic hydroxyl groups excluding tert-OH is 1. The summed E-state index contributed by atoms with van der Waals surface area (Å²) in [5, 5.41) is 10.6. The molecule has 3 N–H and O–H groups in total. The zero-order chi connectivity index (χ0) is 67.7. The average molecular weight is 1350 g/mol. The average Bonchev–Trinajstić information content (AvgIpc) is 3.54. The molecule has 0 bridgehead atoms. The fourth-order valence-electron chi connectivity index (χ4n) is 10.1. The molecule has 0 saturated heterocycles. The Morgan fingerprint density at radius 1 is 0.348 bits per heavy atom. The Kier molecular flexibility index (Phi) is 63.2. The van der Waals surface area contributed by atoms with Gasteiger partial charge in [-0.15, -0.1) is 0 Å². The summed E-state index contributed by atoms with van der Waals surface area (Å²) < 4.78 is 68.2. The number of hydrogen-bond acceptors (Lipinski definition) is 15. The Morgan fingerprint density at radius 3 is 0.924 bits per heavy atom. The van der Waals surface area contributed by atoms with Crippen LogP contribution in [0.25, 0.3) is 0 Å². The zero-order valence-electron chi connectivity index (χ0n) is 58.6. The number of hydrogen-bond donors (Lipinski definition) is 3. The van der Waals surface area contributed by atoms with Crippen molar-refractivity contribution in [3.63, 3.8) is 0 Å². The summed E-state index contributed by atoms with van der Waals surface area (Å²) in [6, 6.07) is 0. The quantitative estimate of drug-likeness (QED) is 0.0169. The third-order valence-electron chi connectivity index (χ3n) is 16.1. The first-order chi connectivity index (χ1) is 44.6. The Balaban J connectivity index is 5.30. The Labute approximate surface area is 559 Å². The number of carbonyl (C=O) groups excluding carboxylic acids is 4. The van der Waals surface area contributed by atoms with Crippen LogP contribution in [-0.2, 0) is 65.4 Å². The van der Waals surface area contributed by atoms with E-state index in [0.717, 1.165) is 134 Å². The van der Waals surface area contributed by atoms with E-state index in [1.165, 1.54) is 116 Å². The van der Waals surface area contributed by atoms with E-state index in [9.17, 15) is 43.2 Å². The summed E-state index contributed by atoms with van der Waals surface area (Å²) in [4.78, 5) is 72.5. The topological polar surface area (TPSA) is 237 Å². The van der Waals surface area contributed by atoms with Gasteiger partial charge >= 0.3 is 39.5 Å². The minimum Gasteiger partial charge on any atom is -0.462 e. The van der Waals surface area contributed by atoms with Gasteiger partial charge in [-0.2, -0.15) is 0 Å². The van der Waals surface area contributed by atoms with Crippen LogP contribution in [0.15, 0.2) is 48.6 Å². The summed E-state index contributed by atoms with van der Waals surface area (Å²) in [5.74, 6) is -1.38. The highest BCUT2D eigenvalue weighted by Gasteiger charge is 2.30. The first-order valence-corrected chi connectivity index (χ1v) is 39.8. The highest BCUT2D eigenvalue weighted by molar-refractivity contribution is 7.47. The molecule has 0 amide bonds. The number of phosphoric ester groups is 2. The second kappa shape index (κ2) is 65.3. The van der Waals surface area contributed by atoms with Gasteiger partial charge in [0, 0.05) is 25.7 Å². The van der Waals surface area contributed by atoms with Crippen molar-refractivity contribution < 1.29 is 80.2 Å². The second-order valence-electron chi connectivity index (χ2n) is 25.2. The Hall–Kier alpha value is -2.98. The maximum atomic E-state index is 13.0. The molecular formula is C73H134O17P2. The molecule has 0 heterocycles. The normalized spacial score (nSPS) is 14.7. The molecule has 0 aliphatic heterocycles. The molecule has 0 aliphatic carbocycles. The van der Waals surface area contributed by atoms with Gasteiger partial charge in [0.15, 0.2) is 12.2 Å². The van der Waals surface area contributed by atoms with Crippen molar-refractivity contribution in [2.75, 3.05) is 39.6 Å². The van der Waals surface area contributed by atoms with Gasteiger partial charge < -0.3 is 33.8 Å². The lowest BCUT2D eigenvalue weighted by Crippen LogP contribution is -2.30. The molecule has 0 fully saturated rings. The third kappa shape index (κ3) is 64.4. The first kappa shape index (κ1) is 89.0. The van der Waals surface area contributed by atoms with Gasteiger partial charge in [0.25, 0.3) is 0 Å². The van der Waals surface area contributed by atoms with Crippen molar-refractivity contribution in [3.8, 4) is 0 Å². The van der Waals surface area contributed by atoms with E-state index in [0.29, 0.717) is 25.7 Å². The number of unbranched alkanes of at least 4 members (excludes halogenated alkanes) is 34. The SMILES string of the molecule is CCCCCC/C=C\C=C/CCCCCCCC(=O)OC[C@H](COP(=O)(O)OC[C@@H](O)COP(=O)(O)OC[C@@H](COC(=O)CCCCCCCCCC)OC(=O)CCCCCCCCCCCCC(C)CC)OC(=O)CCCCCCC/C=C\C=C/CCCCCC. The molecular weight excluding hydrogens is 1210 g/mol. The van der Waals surface area contributed by atoms with Crippen LogP contribution in [-0.4, -0.2) is 96.7 Å². The largest absolute Gasteiger partial charge is 0.472 e. The van der Waals surface area contributed by atoms with Crippen molar-refractivity contribution in [3.05, 3.63) is 48.6 Å². The minimum absolute atomic E-state index is 0.0782. The maximum Gasteiger partial charge on any atom is 0.472 e. The van der Waals surface area contributed by atoms with Gasteiger partial charge in [-0.25, -0.2) is 9.13 Å². The summed E-state index contributed by atoms with van der Waals surface area (Å²) in [7, 11) is -9.93. The van der Waals surface area contributed by atoms with Crippen LogP contribution in [0.2, 0.25) is 0 Å². The highest BCUT2D eigenvalue weighted by Crippen LogP contribution is 2.45. The maximum absolute atomic E-state index is 13.0. The lowest BCUT2D eigenvalue weighted by molar-refractivity contribution is -0.161. The predicted octanol–water partition coefficient (Wildman–Crippen LogP) is 20.4. The zero-order valence-corrected chi connectivity index (χ0v) is 60.4. The van der Waals surface area contributed by atoms with Gasteiger partial charge in [0.1, 0.15) is 19.3 Å². The minimum atomic E-state index is -4.97. The van der Waals surface area contributed by atoms with Crippen LogP contribution >= 0.6 is 15.6 Å². The number of phosphoric acid groups is 2. The van der Waals surface area contributed by atoms with Gasteiger partial charge in [-0.05, 0) is 83.0 Å². The van der Waals surface area contributed by atoms with Gasteiger partial charge in [-0.1, -0.05) is 276 Å². The fraction of sp³-hybridized carbons (Fsp3) is 0.836. The van der Waals surface area contributed by atoms with E-state index in [2.05, 4.69) is 83.2 Å². The van der Waals surface area contributed by atoms with Crippen molar-refractivity contribution in [1.29, 1.82) is 0 Å². The molecule has 0 aliphatic rings. The van der Waals surface area contributed by atoms with Gasteiger partial charge in [0.2, 0.25) is 0 Å². The smallest absolute Gasteiger partial charge is 0.462 e. The van der Waals surface area contributed by atoms with E-state index in [-0.39, 0.29) is 25.7 Å². The standard InChI is InChI=1S/C73H134O17P2/c1-6-10-13-16-19-22-24-26-28-30-32-37-42-47-52-57-71(76)84-63-69(90-72(77)58-53-48-43-38-33-31-29-27-25-23-20-17-14-11-7-2)65-88-92(81,82)86-61-67(74)60-85-91(79,80)87-64-68(62-83-70(75)56-51-46-41-21-18-15-12-8-3)89-73(78)59-54-49-44-39-35-34-36-40-45-50-55-66(5)9-4/h22-29,66-69,74H,6-21,30-65H2,1-5H3,(H,79,80)(H,81,82)/b24-22-,25-23-,28-26-,29-27-/t66?,67-,68+,69+/m0/s1. The predicted molar refractivity (Wildman–Crippen MR) is 372 cm³/mol.